The Balaban J connectivity index is 1.59. The Bertz CT molecular complexity index is 1670. The molecule has 3 amide bonds. The number of benzene rings is 3. The van der Waals surface area contributed by atoms with Crippen molar-refractivity contribution < 1.29 is 39.6 Å². The summed E-state index contributed by atoms with van der Waals surface area (Å²) in [5.41, 5.74) is 8.88. The summed E-state index contributed by atoms with van der Waals surface area (Å²) in [6, 6.07) is 14.3. The van der Waals surface area contributed by atoms with Crippen molar-refractivity contribution in [3.8, 4) is 11.5 Å². The number of aliphatic hydroxyl groups excluding tert-OH is 1. The van der Waals surface area contributed by atoms with Crippen LogP contribution >= 0.6 is 0 Å². The third-order valence-electron chi connectivity index (χ3n) is 7.52. The van der Waals surface area contributed by atoms with Crippen LogP contribution in [0.25, 0.3) is 10.9 Å². The van der Waals surface area contributed by atoms with Gasteiger partial charge < -0.3 is 47.1 Å². The predicted molar refractivity (Wildman–Crippen MR) is 169 cm³/mol. The van der Waals surface area contributed by atoms with Crippen LogP contribution in [-0.4, -0.2) is 79.4 Å². The monoisotopic (exact) mass is 631 g/mol. The fourth-order valence-electron chi connectivity index (χ4n) is 4.98. The van der Waals surface area contributed by atoms with Gasteiger partial charge in [0.25, 0.3) is 0 Å². The Labute approximate surface area is 264 Å². The molecule has 0 spiro atoms. The first kappa shape index (κ1) is 33.5. The first-order valence-electron chi connectivity index (χ1n) is 14.6. The van der Waals surface area contributed by atoms with Crippen LogP contribution < -0.4 is 21.7 Å². The highest BCUT2D eigenvalue weighted by atomic mass is 16.4. The highest BCUT2D eigenvalue weighted by Crippen LogP contribution is 2.20. The van der Waals surface area contributed by atoms with Crippen LogP contribution in [0.15, 0.2) is 79.0 Å². The second-order valence-corrected chi connectivity index (χ2v) is 11.1. The van der Waals surface area contributed by atoms with Crippen LogP contribution in [0.3, 0.4) is 0 Å². The van der Waals surface area contributed by atoms with Gasteiger partial charge in [0.05, 0.1) is 12.1 Å². The number of fused-ring (bicyclic) bond motifs is 1. The van der Waals surface area contributed by atoms with E-state index in [-0.39, 0.29) is 30.8 Å². The number of carboxylic acids is 1. The van der Waals surface area contributed by atoms with E-state index < -0.39 is 54.0 Å². The van der Waals surface area contributed by atoms with Gasteiger partial charge in [0.15, 0.2) is 6.04 Å². The van der Waals surface area contributed by atoms with E-state index in [1.165, 1.54) is 31.2 Å². The Kier molecular flexibility index (Phi) is 11.0. The zero-order valence-corrected chi connectivity index (χ0v) is 25.0. The van der Waals surface area contributed by atoms with Gasteiger partial charge in [-0.05, 0) is 60.4 Å². The molecule has 13 heteroatoms. The number of aliphatic hydroxyl groups is 1. The molecular weight excluding hydrogens is 594 g/mol. The summed E-state index contributed by atoms with van der Waals surface area (Å²) in [4.78, 5) is 55.3. The molecule has 0 aliphatic rings. The highest BCUT2D eigenvalue weighted by Gasteiger charge is 2.32. The van der Waals surface area contributed by atoms with Crippen molar-refractivity contribution in [3.63, 3.8) is 0 Å². The number of para-hydroxylation sites is 1. The van der Waals surface area contributed by atoms with Crippen LogP contribution in [0.4, 0.5) is 0 Å². The molecule has 4 rings (SSSR count). The molecule has 1 aromatic heterocycles. The molecule has 46 heavy (non-hydrogen) atoms. The van der Waals surface area contributed by atoms with Gasteiger partial charge in [-0.2, -0.15) is 0 Å². The molecule has 13 nitrogen and oxygen atoms in total. The molecule has 0 aliphatic heterocycles. The molecule has 0 saturated heterocycles. The average Bonchev–Trinajstić information content (AvgIpc) is 3.43. The molecule has 242 valence electrons. The molecule has 5 unspecified atom stereocenters. The zero-order chi connectivity index (χ0) is 33.4. The minimum atomic E-state index is -1.64. The molecule has 5 atom stereocenters. The number of aromatic amines is 1. The largest absolute Gasteiger partial charge is 0.508 e. The number of rotatable bonds is 14. The van der Waals surface area contributed by atoms with Crippen LogP contribution in [0.5, 0.6) is 11.5 Å². The van der Waals surface area contributed by atoms with Crippen LogP contribution in [0.2, 0.25) is 0 Å². The van der Waals surface area contributed by atoms with Crippen molar-refractivity contribution in [2.75, 3.05) is 0 Å². The van der Waals surface area contributed by atoms with Gasteiger partial charge in [-0.15, -0.1) is 0 Å². The quantitative estimate of drug-likeness (QED) is 0.0960. The number of aromatic nitrogens is 1. The maximum atomic E-state index is 13.8. The summed E-state index contributed by atoms with van der Waals surface area (Å²) in [6.07, 6.45) is 0.284. The summed E-state index contributed by atoms with van der Waals surface area (Å²) < 4.78 is 0. The number of carbonyl (C=O) groups excluding carboxylic acids is 3. The normalized spacial score (nSPS) is 14.4. The molecule has 1 heterocycles. The smallest absolute Gasteiger partial charge is 0.328 e. The summed E-state index contributed by atoms with van der Waals surface area (Å²) in [5.74, 6) is -3.65. The standard InChI is InChI=1S/C33H37N5O8/c1-18(39)29(33(45)46)38-32(44)28(16-21-17-35-26-5-3-2-4-24(21)26)37-31(43)27(15-20-8-12-23(41)13-9-20)36-30(42)25(34)14-19-6-10-22(40)11-7-19/h2-13,17-18,25,27-29,35,39-41H,14-16,34H2,1H3,(H,36,42)(H,37,43)(H,38,44)(H,45,46). The molecule has 3 aromatic carbocycles. The SMILES string of the molecule is CC(O)C(NC(=O)C(Cc1c[nH]c2ccccc12)NC(=O)C(Cc1ccc(O)cc1)NC(=O)C(N)Cc1ccc(O)cc1)C(=O)O. The van der Waals surface area contributed by atoms with Crippen LogP contribution in [0.1, 0.15) is 23.6 Å². The zero-order valence-electron chi connectivity index (χ0n) is 25.0. The minimum Gasteiger partial charge on any atom is -0.508 e. The lowest BCUT2D eigenvalue weighted by molar-refractivity contribution is -0.145. The van der Waals surface area contributed by atoms with Gasteiger partial charge in [0.2, 0.25) is 17.7 Å². The second-order valence-electron chi connectivity index (χ2n) is 11.1. The van der Waals surface area contributed by atoms with Crippen LogP contribution in [0, 0.1) is 0 Å². The summed E-state index contributed by atoms with van der Waals surface area (Å²) in [6.45, 7) is 1.22. The lowest BCUT2D eigenvalue weighted by Gasteiger charge is -2.26. The Morgan fingerprint density at radius 2 is 1.26 bits per heavy atom. The number of H-pyrrole nitrogens is 1. The summed E-state index contributed by atoms with van der Waals surface area (Å²) in [7, 11) is 0. The van der Waals surface area contributed by atoms with Crippen molar-refractivity contribution in [2.24, 2.45) is 5.73 Å². The third kappa shape index (κ3) is 8.83. The molecule has 0 saturated carbocycles. The van der Waals surface area contributed by atoms with E-state index in [9.17, 15) is 39.6 Å². The highest BCUT2D eigenvalue weighted by molar-refractivity contribution is 5.95. The van der Waals surface area contributed by atoms with Gasteiger partial charge in [-0.25, -0.2) is 4.79 Å². The van der Waals surface area contributed by atoms with Crippen molar-refractivity contribution in [2.45, 2.75) is 56.5 Å². The van der Waals surface area contributed by atoms with Gasteiger partial charge >= 0.3 is 5.97 Å². The maximum Gasteiger partial charge on any atom is 0.328 e. The van der Waals surface area contributed by atoms with E-state index in [1.54, 1.807) is 30.5 Å². The lowest BCUT2D eigenvalue weighted by atomic mass is 10.0. The predicted octanol–water partition coefficient (Wildman–Crippen LogP) is 0.854. The number of aromatic hydroxyl groups is 2. The minimum absolute atomic E-state index is 0.00580. The van der Waals surface area contributed by atoms with E-state index in [0.29, 0.717) is 16.7 Å². The number of hydrogen-bond acceptors (Lipinski definition) is 8. The van der Waals surface area contributed by atoms with Crippen molar-refractivity contribution >= 4 is 34.6 Å². The summed E-state index contributed by atoms with van der Waals surface area (Å²) in [5, 5.41) is 47.2. The molecule has 4 aromatic rings. The van der Waals surface area contributed by atoms with Gasteiger partial charge in [0, 0.05) is 29.9 Å². The number of amides is 3. The topological polar surface area (TPSA) is 227 Å². The van der Waals surface area contributed by atoms with Crippen molar-refractivity contribution in [1.82, 2.24) is 20.9 Å². The second kappa shape index (κ2) is 15.1. The molecule has 10 N–H and O–H groups in total. The number of hydrogen-bond donors (Lipinski definition) is 9. The van der Waals surface area contributed by atoms with E-state index >= 15 is 0 Å². The van der Waals surface area contributed by atoms with E-state index in [0.717, 1.165) is 10.9 Å². The Morgan fingerprint density at radius 1 is 0.739 bits per heavy atom. The van der Waals surface area contributed by atoms with E-state index in [4.69, 9.17) is 5.73 Å². The fraction of sp³-hybridized carbons (Fsp3) is 0.273. The Morgan fingerprint density at radius 3 is 1.85 bits per heavy atom. The summed E-state index contributed by atoms with van der Waals surface area (Å²) >= 11 is 0. The fourth-order valence-corrected chi connectivity index (χ4v) is 4.98. The molecule has 0 fully saturated rings. The number of aliphatic carboxylic acids is 1. The van der Waals surface area contributed by atoms with Crippen LogP contribution in [-0.2, 0) is 38.4 Å². The molecule has 0 radical (unpaired) electrons. The molecule has 0 aliphatic carbocycles. The number of carboxylic acid groups (broad SMARTS) is 1. The lowest BCUT2D eigenvalue weighted by Crippen LogP contribution is -2.59. The number of phenolic OH excluding ortho intramolecular Hbond substituents is 2. The van der Waals surface area contributed by atoms with Gasteiger partial charge in [-0.3, -0.25) is 14.4 Å². The first-order chi connectivity index (χ1) is 21.9. The number of nitrogens with two attached hydrogens (primary N) is 1. The Hall–Kier alpha value is -5.40. The van der Waals surface area contributed by atoms with Crippen molar-refractivity contribution in [3.05, 3.63) is 95.7 Å². The van der Waals surface area contributed by atoms with Gasteiger partial charge in [0.1, 0.15) is 23.6 Å². The number of carbonyl (C=O) groups is 4. The van der Waals surface area contributed by atoms with E-state index in [1.807, 2.05) is 24.3 Å². The number of nitrogens with one attached hydrogen (secondary N) is 4. The third-order valence-corrected chi connectivity index (χ3v) is 7.52. The average molecular weight is 632 g/mol. The molecule has 0 bridgehead atoms. The number of phenols is 2. The molecular formula is C33H37N5O8. The van der Waals surface area contributed by atoms with Gasteiger partial charge in [-0.1, -0.05) is 42.5 Å². The first-order valence-corrected chi connectivity index (χ1v) is 14.6. The van der Waals surface area contributed by atoms with Crippen molar-refractivity contribution in [1.29, 1.82) is 0 Å². The maximum absolute atomic E-state index is 13.8. The van der Waals surface area contributed by atoms with E-state index in [2.05, 4.69) is 20.9 Å².